The minimum atomic E-state index is -0.594. The first-order valence-corrected chi connectivity index (χ1v) is 3.84. The second kappa shape index (κ2) is 2.99. The molecule has 0 bridgehead atoms. The summed E-state index contributed by atoms with van der Waals surface area (Å²) in [5.41, 5.74) is 0.448. The third-order valence-corrected chi connectivity index (χ3v) is 1.74. The van der Waals surface area contributed by atoms with Gasteiger partial charge in [0.2, 0.25) is 5.88 Å². The highest BCUT2D eigenvalue weighted by Crippen LogP contribution is 2.12. The molecule has 6 heteroatoms. The fraction of sp³-hybridized carbons (Fsp3) is 0.125. The Morgan fingerprint density at radius 1 is 1.64 bits per heavy atom. The molecular formula is C8H7N3O3. The smallest absolute Gasteiger partial charge is 0.356 e. The van der Waals surface area contributed by atoms with E-state index in [-0.39, 0.29) is 11.6 Å². The van der Waals surface area contributed by atoms with Crippen LogP contribution >= 0.6 is 0 Å². The van der Waals surface area contributed by atoms with Crippen molar-refractivity contribution >= 4 is 11.6 Å². The molecule has 0 fully saturated rings. The maximum absolute atomic E-state index is 11.1. The second-order valence-electron chi connectivity index (χ2n) is 2.59. The fourth-order valence-corrected chi connectivity index (χ4v) is 1.11. The lowest BCUT2D eigenvalue weighted by Crippen LogP contribution is -2.05. The largest absolute Gasteiger partial charge is 0.493 e. The van der Waals surface area contributed by atoms with Gasteiger partial charge in [-0.2, -0.15) is 9.61 Å². The lowest BCUT2D eigenvalue weighted by molar-refractivity contribution is 0.0593. The van der Waals surface area contributed by atoms with Crippen molar-refractivity contribution in [3.8, 4) is 5.88 Å². The van der Waals surface area contributed by atoms with Crippen molar-refractivity contribution in [2.75, 3.05) is 7.11 Å². The summed E-state index contributed by atoms with van der Waals surface area (Å²) in [7, 11) is 1.25. The average molecular weight is 193 g/mol. The number of aromatic hydroxyl groups is 1. The van der Waals surface area contributed by atoms with Gasteiger partial charge in [0.05, 0.1) is 13.3 Å². The normalized spacial score (nSPS) is 10.4. The summed E-state index contributed by atoms with van der Waals surface area (Å²) in [5.74, 6) is -0.746. The quantitative estimate of drug-likeness (QED) is 0.655. The molecule has 0 radical (unpaired) electrons. The van der Waals surface area contributed by atoms with Gasteiger partial charge in [0.25, 0.3) is 0 Å². The number of carbonyl (C=O) groups excluding carboxylic acids is 1. The predicted octanol–water partition coefficient (Wildman–Crippen LogP) is 0.221. The monoisotopic (exact) mass is 193 g/mol. The number of hydrogen-bond acceptors (Lipinski definition) is 5. The Labute approximate surface area is 78.8 Å². The molecule has 0 spiro atoms. The second-order valence-corrected chi connectivity index (χ2v) is 2.59. The molecule has 0 unspecified atom stereocenters. The summed E-state index contributed by atoms with van der Waals surface area (Å²) in [6.45, 7) is 0. The van der Waals surface area contributed by atoms with Gasteiger partial charge in [-0.25, -0.2) is 9.78 Å². The lowest BCUT2D eigenvalue weighted by atomic mass is 10.4. The van der Waals surface area contributed by atoms with E-state index in [0.717, 1.165) is 0 Å². The number of esters is 1. The van der Waals surface area contributed by atoms with Crippen molar-refractivity contribution in [2.24, 2.45) is 0 Å². The number of nitrogens with zero attached hydrogens (tertiary/aromatic N) is 3. The maximum atomic E-state index is 11.1. The highest BCUT2D eigenvalue weighted by molar-refractivity contribution is 5.88. The van der Waals surface area contributed by atoms with Crippen LogP contribution in [0.2, 0.25) is 0 Å². The molecule has 0 saturated carbocycles. The SMILES string of the molecule is COC(=O)c1cc(O)n2nccc2n1. The fourth-order valence-electron chi connectivity index (χ4n) is 1.11. The number of aromatic nitrogens is 3. The molecule has 2 rings (SSSR count). The Bertz CT molecular complexity index is 492. The van der Waals surface area contributed by atoms with Crippen LogP contribution in [0.15, 0.2) is 18.3 Å². The first kappa shape index (κ1) is 8.49. The molecule has 1 N–H and O–H groups in total. The molecule has 72 valence electrons. The van der Waals surface area contributed by atoms with Crippen molar-refractivity contribution in [2.45, 2.75) is 0 Å². The third-order valence-electron chi connectivity index (χ3n) is 1.74. The molecular weight excluding hydrogens is 186 g/mol. The van der Waals surface area contributed by atoms with E-state index in [9.17, 15) is 9.90 Å². The average Bonchev–Trinajstić information content (AvgIpc) is 2.64. The van der Waals surface area contributed by atoms with Crippen LogP contribution < -0.4 is 0 Å². The molecule has 2 heterocycles. The van der Waals surface area contributed by atoms with Gasteiger partial charge >= 0.3 is 5.97 Å². The molecule has 0 amide bonds. The zero-order valence-electron chi connectivity index (χ0n) is 7.34. The molecule has 6 nitrogen and oxygen atoms in total. The number of fused-ring (bicyclic) bond motifs is 1. The number of ether oxygens (including phenoxy) is 1. The molecule has 2 aromatic rings. The van der Waals surface area contributed by atoms with E-state index < -0.39 is 5.97 Å². The van der Waals surface area contributed by atoms with Gasteiger partial charge in [0.1, 0.15) is 0 Å². The zero-order valence-corrected chi connectivity index (χ0v) is 7.34. The summed E-state index contributed by atoms with van der Waals surface area (Å²) in [6.07, 6.45) is 1.48. The molecule has 0 aliphatic carbocycles. The van der Waals surface area contributed by atoms with Gasteiger partial charge in [0, 0.05) is 12.1 Å². The van der Waals surface area contributed by atoms with Crippen molar-refractivity contribution in [1.82, 2.24) is 14.6 Å². The van der Waals surface area contributed by atoms with Crippen molar-refractivity contribution in [1.29, 1.82) is 0 Å². The van der Waals surface area contributed by atoms with Gasteiger partial charge in [-0.05, 0) is 0 Å². The zero-order chi connectivity index (χ0) is 10.1. The standard InChI is InChI=1S/C8H7N3O3/c1-14-8(13)5-4-7(12)11-6(10-5)2-3-9-11/h2-4,12H,1H3. The topological polar surface area (TPSA) is 76.7 Å². The van der Waals surface area contributed by atoms with E-state index in [1.165, 1.54) is 23.9 Å². The molecule has 14 heavy (non-hydrogen) atoms. The van der Waals surface area contributed by atoms with Crippen molar-refractivity contribution in [3.05, 3.63) is 24.0 Å². The van der Waals surface area contributed by atoms with Gasteiger partial charge in [0.15, 0.2) is 11.3 Å². The minimum Gasteiger partial charge on any atom is -0.493 e. The van der Waals surface area contributed by atoms with E-state index in [2.05, 4.69) is 14.8 Å². The lowest BCUT2D eigenvalue weighted by Gasteiger charge is -2.00. The van der Waals surface area contributed by atoms with Gasteiger partial charge < -0.3 is 9.84 Å². The van der Waals surface area contributed by atoms with Crippen LogP contribution in [0.25, 0.3) is 5.65 Å². The van der Waals surface area contributed by atoms with E-state index in [0.29, 0.717) is 5.65 Å². The van der Waals surface area contributed by atoms with Crippen LogP contribution in [0, 0.1) is 0 Å². The molecule has 0 aliphatic heterocycles. The Kier molecular flexibility index (Phi) is 1.81. The van der Waals surface area contributed by atoms with Crippen LogP contribution in [0.5, 0.6) is 5.88 Å². The Morgan fingerprint density at radius 3 is 3.14 bits per heavy atom. The summed E-state index contributed by atoms with van der Waals surface area (Å²) in [4.78, 5) is 15.0. The predicted molar refractivity (Wildman–Crippen MR) is 46.0 cm³/mol. The highest BCUT2D eigenvalue weighted by atomic mass is 16.5. The number of carbonyl (C=O) groups is 1. The van der Waals surface area contributed by atoms with Crippen LogP contribution in [0.3, 0.4) is 0 Å². The molecule has 0 atom stereocenters. The number of methoxy groups -OCH3 is 1. The third kappa shape index (κ3) is 1.17. The van der Waals surface area contributed by atoms with Gasteiger partial charge in [-0.15, -0.1) is 0 Å². The number of hydrogen-bond donors (Lipinski definition) is 1. The maximum Gasteiger partial charge on any atom is 0.356 e. The molecule has 0 aromatic carbocycles. The molecule has 0 aliphatic rings. The van der Waals surface area contributed by atoms with E-state index in [1.54, 1.807) is 6.07 Å². The van der Waals surface area contributed by atoms with Crippen LogP contribution in [-0.4, -0.2) is 32.8 Å². The first-order chi connectivity index (χ1) is 6.72. The Balaban J connectivity index is 2.64. The molecule has 0 saturated heterocycles. The summed E-state index contributed by atoms with van der Waals surface area (Å²) in [5, 5.41) is 13.2. The van der Waals surface area contributed by atoms with Crippen LogP contribution in [-0.2, 0) is 4.74 Å². The summed E-state index contributed by atoms with van der Waals surface area (Å²) >= 11 is 0. The summed E-state index contributed by atoms with van der Waals surface area (Å²) < 4.78 is 5.69. The van der Waals surface area contributed by atoms with E-state index >= 15 is 0 Å². The number of rotatable bonds is 1. The van der Waals surface area contributed by atoms with Crippen molar-refractivity contribution in [3.63, 3.8) is 0 Å². The van der Waals surface area contributed by atoms with Crippen molar-refractivity contribution < 1.29 is 14.6 Å². The van der Waals surface area contributed by atoms with Crippen LogP contribution in [0.1, 0.15) is 10.5 Å². The Hall–Kier alpha value is -2.11. The minimum absolute atomic E-state index is 0.0537. The Morgan fingerprint density at radius 2 is 2.43 bits per heavy atom. The van der Waals surface area contributed by atoms with Crippen LogP contribution in [0.4, 0.5) is 0 Å². The highest BCUT2D eigenvalue weighted by Gasteiger charge is 2.11. The van der Waals surface area contributed by atoms with E-state index in [1.807, 2.05) is 0 Å². The van der Waals surface area contributed by atoms with Gasteiger partial charge in [-0.1, -0.05) is 0 Å². The van der Waals surface area contributed by atoms with Gasteiger partial charge in [-0.3, -0.25) is 0 Å². The first-order valence-electron chi connectivity index (χ1n) is 3.84. The molecule has 2 aromatic heterocycles. The van der Waals surface area contributed by atoms with E-state index in [4.69, 9.17) is 0 Å². The summed E-state index contributed by atoms with van der Waals surface area (Å²) in [6, 6.07) is 2.78.